The summed E-state index contributed by atoms with van der Waals surface area (Å²) in [4.78, 5) is 13.8. The van der Waals surface area contributed by atoms with Crippen molar-refractivity contribution in [1.82, 2.24) is 10.2 Å². The molecule has 2 fully saturated rings. The molecule has 1 amide bonds. The number of primary amides is 1. The number of hydrogen-bond donors (Lipinski definition) is 2. The number of rotatable bonds is 4. The molecule has 1 aromatic rings. The zero-order chi connectivity index (χ0) is 14.8. The molecule has 2 aliphatic rings. The van der Waals surface area contributed by atoms with Crippen LogP contribution in [0.1, 0.15) is 47.2 Å². The highest BCUT2D eigenvalue weighted by atomic mass is 16.1. The van der Waals surface area contributed by atoms with E-state index >= 15 is 0 Å². The number of nitrogens with zero attached hydrogens (tertiary/aromatic N) is 1. The Bertz CT molecular complexity index is 529. The normalized spacial score (nSPS) is 25.8. The second kappa shape index (κ2) is 6.16. The van der Waals surface area contributed by atoms with Crippen LogP contribution in [-0.4, -0.2) is 36.0 Å². The van der Waals surface area contributed by atoms with Gasteiger partial charge in [-0.2, -0.15) is 0 Å². The van der Waals surface area contributed by atoms with Gasteiger partial charge in [-0.3, -0.25) is 9.69 Å². The summed E-state index contributed by atoms with van der Waals surface area (Å²) in [5.41, 5.74) is 8.31. The monoisotopic (exact) mass is 287 g/mol. The molecule has 2 heterocycles. The van der Waals surface area contributed by atoms with E-state index in [1.165, 1.54) is 44.3 Å². The van der Waals surface area contributed by atoms with E-state index in [1.807, 2.05) is 25.1 Å². The van der Waals surface area contributed by atoms with Crippen molar-refractivity contribution in [3.63, 3.8) is 0 Å². The van der Waals surface area contributed by atoms with Gasteiger partial charge in [0.05, 0.1) is 0 Å². The third kappa shape index (κ3) is 3.11. The fourth-order valence-corrected chi connectivity index (χ4v) is 3.77. The molecule has 21 heavy (non-hydrogen) atoms. The van der Waals surface area contributed by atoms with Gasteiger partial charge in [0.15, 0.2) is 0 Å². The molecule has 4 nitrogen and oxygen atoms in total. The van der Waals surface area contributed by atoms with Crippen molar-refractivity contribution >= 4 is 5.91 Å². The van der Waals surface area contributed by atoms with E-state index in [0.717, 1.165) is 18.2 Å². The summed E-state index contributed by atoms with van der Waals surface area (Å²) in [7, 11) is 0. The highest BCUT2D eigenvalue weighted by Crippen LogP contribution is 2.27. The Morgan fingerprint density at radius 2 is 2.19 bits per heavy atom. The van der Waals surface area contributed by atoms with Crippen molar-refractivity contribution in [2.45, 2.75) is 51.2 Å². The van der Waals surface area contributed by atoms with Gasteiger partial charge < -0.3 is 11.1 Å². The van der Waals surface area contributed by atoms with Crippen LogP contribution in [0.3, 0.4) is 0 Å². The third-order valence-electron chi connectivity index (χ3n) is 5.04. The predicted octanol–water partition coefficient (Wildman–Crippen LogP) is 1.81. The van der Waals surface area contributed by atoms with E-state index in [-0.39, 0.29) is 5.91 Å². The lowest BCUT2D eigenvalue weighted by Gasteiger charge is -2.32. The summed E-state index contributed by atoms with van der Waals surface area (Å²) >= 11 is 0. The molecule has 3 N–H and O–H groups in total. The van der Waals surface area contributed by atoms with Gasteiger partial charge in [0.25, 0.3) is 0 Å². The van der Waals surface area contributed by atoms with Crippen LogP contribution in [0.15, 0.2) is 18.2 Å². The van der Waals surface area contributed by atoms with Crippen LogP contribution < -0.4 is 11.1 Å². The second-order valence-electron chi connectivity index (χ2n) is 6.38. The molecular weight excluding hydrogens is 262 g/mol. The average Bonchev–Trinajstić information content (AvgIpc) is 2.89. The third-order valence-corrected chi connectivity index (χ3v) is 5.04. The van der Waals surface area contributed by atoms with Gasteiger partial charge in [0.1, 0.15) is 0 Å². The van der Waals surface area contributed by atoms with Gasteiger partial charge >= 0.3 is 0 Å². The minimum Gasteiger partial charge on any atom is -0.366 e. The SMILES string of the molecule is Cc1cc(C(N)=O)ccc1CNC1CCN2CCCCC12. The molecule has 0 aromatic heterocycles. The van der Waals surface area contributed by atoms with E-state index in [0.29, 0.717) is 11.6 Å². The van der Waals surface area contributed by atoms with Crippen LogP contribution >= 0.6 is 0 Å². The fraction of sp³-hybridized carbons (Fsp3) is 0.588. The van der Waals surface area contributed by atoms with Crippen molar-refractivity contribution in [3.05, 3.63) is 34.9 Å². The van der Waals surface area contributed by atoms with Gasteiger partial charge in [0.2, 0.25) is 5.91 Å². The van der Waals surface area contributed by atoms with E-state index in [2.05, 4.69) is 10.2 Å². The summed E-state index contributed by atoms with van der Waals surface area (Å²) in [6, 6.07) is 7.08. The number of carbonyl (C=O) groups is 1. The Balaban J connectivity index is 1.61. The maximum Gasteiger partial charge on any atom is 0.248 e. The highest BCUT2D eigenvalue weighted by Gasteiger charge is 2.34. The molecule has 2 atom stereocenters. The van der Waals surface area contributed by atoms with Crippen molar-refractivity contribution in [3.8, 4) is 0 Å². The molecule has 0 saturated carbocycles. The van der Waals surface area contributed by atoms with Gasteiger partial charge in [0, 0.05) is 30.7 Å². The highest BCUT2D eigenvalue weighted by molar-refractivity contribution is 5.93. The molecule has 0 spiro atoms. The minimum atomic E-state index is -0.355. The lowest BCUT2D eigenvalue weighted by Crippen LogP contribution is -2.44. The maximum absolute atomic E-state index is 11.2. The Morgan fingerprint density at radius 3 is 2.95 bits per heavy atom. The largest absolute Gasteiger partial charge is 0.366 e. The molecule has 114 valence electrons. The number of piperidine rings is 1. The average molecular weight is 287 g/mol. The standard InChI is InChI=1S/C17H25N3O/c1-12-10-13(17(18)21)5-6-14(12)11-19-15-7-9-20-8-3-2-4-16(15)20/h5-6,10,15-16,19H,2-4,7-9,11H2,1H3,(H2,18,21). The Morgan fingerprint density at radius 1 is 1.33 bits per heavy atom. The van der Waals surface area contributed by atoms with Crippen LogP contribution in [-0.2, 0) is 6.54 Å². The molecule has 0 aliphatic carbocycles. The van der Waals surface area contributed by atoms with E-state index < -0.39 is 0 Å². The van der Waals surface area contributed by atoms with E-state index in [4.69, 9.17) is 5.73 Å². The lowest BCUT2D eigenvalue weighted by molar-refractivity contribution is 0.1000. The molecular formula is C17H25N3O. The summed E-state index contributed by atoms with van der Waals surface area (Å²) in [6.45, 7) is 5.43. The van der Waals surface area contributed by atoms with Gasteiger partial charge in [-0.25, -0.2) is 0 Å². The first kappa shape index (κ1) is 14.5. The zero-order valence-electron chi connectivity index (χ0n) is 12.8. The maximum atomic E-state index is 11.2. The molecule has 0 radical (unpaired) electrons. The number of amides is 1. The first-order valence-corrected chi connectivity index (χ1v) is 8.02. The Kier molecular flexibility index (Phi) is 4.27. The molecule has 2 saturated heterocycles. The first-order valence-electron chi connectivity index (χ1n) is 8.02. The molecule has 0 bridgehead atoms. The van der Waals surface area contributed by atoms with Crippen molar-refractivity contribution in [2.75, 3.05) is 13.1 Å². The van der Waals surface area contributed by atoms with Crippen LogP contribution in [0.5, 0.6) is 0 Å². The minimum absolute atomic E-state index is 0.355. The van der Waals surface area contributed by atoms with Crippen molar-refractivity contribution in [1.29, 1.82) is 0 Å². The molecule has 2 aliphatic heterocycles. The Labute approximate surface area is 126 Å². The van der Waals surface area contributed by atoms with Crippen molar-refractivity contribution in [2.24, 2.45) is 5.73 Å². The fourth-order valence-electron chi connectivity index (χ4n) is 3.77. The summed E-state index contributed by atoms with van der Waals surface area (Å²) < 4.78 is 0. The molecule has 1 aromatic carbocycles. The van der Waals surface area contributed by atoms with Crippen LogP contribution in [0.4, 0.5) is 0 Å². The van der Waals surface area contributed by atoms with E-state index in [1.54, 1.807) is 0 Å². The lowest BCUT2D eigenvalue weighted by atomic mass is 9.98. The predicted molar refractivity (Wildman–Crippen MR) is 84.2 cm³/mol. The van der Waals surface area contributed by atoms with Gasteiger partial charge in [-0.05, 0) is 56.0 Å². The van der Waals surface area contributed by atoms with Crippen LogP contribution in [0.2, 0.25) is 0 Å². The summed E-state index contributed by atoms with van der Waals surface area (Å²) in [6.07, 6.45) is 5.31. The first-order chi connectivity index (χ1) is 10.1. The topological polar surface area (TPSA) is 58.4 Å². The number of benzene rings is 1. The molecule has 4 heteroatoms. The smallest absolute Gasteiger partial charge is 0.248 e. The number of nitrogens with two attached hydrogens (primary N) is 1. The van der Waals surface area contributed by atoms with Gasteiger partial charge in [-0.15, -0.1) is 0 Å². The number of aryl methyl sites for hydroxylation is 1. The van der Waals surface area contributed by atoms with Crippen LogP contribution in [0, 0.1) is 6.92 Å². The second-order valence-corrected chi connectivity index (χ2v) is 6.38. The van der Waals surface area contributed by atoms with E-state index in [9.17, 15) is 4.79 Å². The Hall–Kier alpha value is -1.39. The number of nitrogens with one attached hydrogen (secondary N) is 1. The number of carbonyl (C=O) groups excluding carboxylic acids is 1. The number of hydrogen-bond acceptors (Lipinski definition) is 3. The summed E-state index contributed by atoms with van der Waals surface area (Å²) in [5.74, 6) is -0.355. The zero-order valence-corrected chi connectivity index (χ0v) is 12.8. The number of fused-ring (bicyclic) bond motifs is 1. The molecule has 3 rings (SSSR count). The quantitative estimate of drug-likeness (QED) is 0.888. The van der Waals surface area contributed by atoms with Crippen LogP contribution in [0.25, 0.3) is 0 Å². The van der Waals surface area contributed by atoms with Gasteiger partial charge in [-0.1, -0.05) is 12.5 Å². The van der Waals surface area contributed by atoms with Crippen molar-refractivity contribution < 1.29 is 4.79 Å². The molecule has 2 unspecified atom stereocenters. The summed E-state index contributed by atoms with van der Waals surface area (Å²) in [5, 5.41) is 3.73.